The molecular formula is C13H13BrN2O3. The first-order valence-electron chi connectivity index (χ1n) is 5.83. The molecule has 0 aromatic carbocycles. The molecule has 100 valence electrons. The molecule has 6 heteroatoms. The molecule has 0 saturated heterocycles. The van der Waals surface area contributed by atoms with Crippen LogP contribution in [0, 0.1) is 6.92 Å². The van der Waals surface area contributed by atoms with E-state index in [0.717, 1.165) is 16.8 Å². The number of hydrogen-bond acceptors (Lipinski definition) is 4. The Hall–Kier alpha value is -1.69. The van der Waals surface area contributed by atoms with Crippen molar-refractivity contribution in [2.24, 2.45) is 0 Å². The summed E-state index contributed by atoms with van der Waals surface area (Å²) < 4.78 is 5.22. The van der Waals surface area contributed by atoms with Gasteiger partial charge in [-0.25, -0.2) is 0 Å². The van der Waals surface area contributed by atoms with Crippen LogP contribution in [-0.2, 0) is 11.2 Å². The summed E-state index contributed by atoms with van der Waals surface area (Å²) in [6.07, 6.45) is 0.586. The van der Waals surface area contributed by atoms with Gasteiger partial charge in [0, 0.05) is 24.6 Å². The lowest BCUT2D eigenvalue weighted by Crippen LogP contribution is -2.26. The van der Waals surface area contributed by atoms with Crippen molar-refractivity contribution in [1.82, 2.24) is 10.5 Å². The smallest absolute Gasteiger partial charge is 0.230 e. The molecule has 0 aromatic heterocycles. The highest BCUT2D eigenvalue weighted by molar-refractivity contribution is 9.09. The average molecular weight is 325 g/mol. The van der Waals surface area contributed by atoms with E-state index < -0.39 is 0 Å². The van der Waals surface area contributed by atoms with Gasteiger partial charge in [0.25, 0.3) is 0 Å². The van der Waals surface area contributed by atoms with Crippen molar-refractivity contribution in [3.63, 3.8) is 0 Å². The standard InChI is InChI=1S/C13H13BrN2O3/c1-8-10-3-2-9(17)6-12(10)19-16-11(8)4-5-15-13(18)7-14/h2-3,6H,4-5,7H2,1H3,(H,15,18). The third-order valence-corrected chi connectivity index (χ3v) is 3.36. The second-order valence-electron chi connectivity index (χ2n) is 4.15. The van der Waals surface area contributed by atoms with Crippen molar-refractivity contribution in [2.45, 2.75) is 13.3 Å². The second-order valence-corrected chi connectivity index (χ2v) is 4.71. The second kappa shape index (κ2) is 5.97. The Morgan fingerprint density at radius 1 is 1.47 bits per heavy atom. The first-order chi connectivity index (χ1) is 9.11. The zero-order chi connectivity index (χ0) is 13.8. The van der Waals surface area contributed by atoms with Crippen LogP contribution in [0.5, 0.6) is 0 Å². The molecule has 0 fully saturated rings. The maximum absolute atomic E-state index is 11.2. The minimum atomic E-state index is -0.102. The lowest BCUT2D eigenvalue weighted by atomic mass is 10.0. The summed E-state index contributed by atoms with van der Waals surface area (Å²) >= 11 is 3.08. The molecular weight excluding hydrogens is 312 g/mol. The molecule has 0 spiro atoms. The summed E-state index contributed by atoms with van der Waals surface area (Å²) in [5, 5.41) is 7.03. The Balaban J connectivity index is 2.19. The van der Waals surface area contributed by atoms with Gasteiger partial charge in [0.05, 0.1) is 11.0 Å². The molecule has 0 saturated carbocycles. The lowest BCUT2D eigenvalue weighted by molar-refractivity contribution is -0.118. The highest BCUT2D eigenvalue weighted by atomic mass is 79.9. The van der Waals surface area contributed by atoms with Gasteiger partial charge in [-0.3, -0.25) is 9.59 Å². The number of amides is 1. The fourth-order valence-corrected chi connectivity index (χ4v) is 2.02. The summed E-state index contributed by atoms with van der Waals surface area (Å²) in [7, 11) is 0. The first-order valence-corrected chi connectivity index (χ1v) is 6.96. The van der Waals surface area contributed by atoms with Crippen molar-refractivity contribution in [1.29, 1.82) is 0 Å². The quantitative estimate of drug-likeness (QED) is 0.865. The SMILES string of the molecule is Cc1c2ccc(=O)cc-2onc1CCNC(=O)CBr. The Bertz CT molecular complexity index is 624. The van der Waals surface area contributed by atoms with Gasteiger partial charge in [-0.15, -0.1) is 0 Å². The Kier molecular flexibility index (Phi) is 4.31. The van der Waals surface area contributed by atoms with Gasteiger partial charge in [-0.2, -0.15) is 0 Å². The van der Waals surface area contributed by atoms with E-state index in [4.69, 9.17) is 4.52 Å². The molecule has 5 nitrogen and oxygen atoms in total. The van der Waals surface area contributed by atoms with Crippen LogP contribution in [0.3, 0.4) is 0 Å². The van der Waals surface area contributed by atoms with Crippen LogP contribution in [0.2, 0.25) is 0 Å². The maximum Gasteiger partial charge on any atom is 0.230 e. The number of carbonyl (C=O) groups excluding carboxylic acids is 1. The van der Waals surface area contributed by atoms with Gasteiger partial charge in [-0.1, -0.05) is 21.1 Å². The number of alkyl halides is 1. The number of rotatable bonds is 4. The van der Waals surface area contributed by atoms with Crippen molar-refractivity contribution < 1.29 is 9.32 Å². The molecule has 19 heavy (non-hydrogen) atoms. The number of aromatic nitrogens is 1. The number of halogens is 1. The number of hydrogen-bond donors (Lipinski definition) is 1. The van der Waals surface area contributed by atoms with E-state index in [-0.39, 0.29) is 16.7 Å². The van der Waals surface area contributed by atoms with E-state index in [1.807, 2.05) is 6.92 Å². The minimum absolute atomic E-state index is 0.0635. The molecule has 2 aliphatic rings. The molecule has 1 aliphatic carbocycles. The third kappa shape index (κ3) is 3.20. The minimum Gasteiger partial charge on any atom is -0.356 e. The van der Waals surface area contributed by atoms with Crippen molar-refractivity contribution in [3.8, 4) is 11.3 Å². The number of carbonyl (C=O) groups is 1. The number of nitrogens with one attached hydrogen (secondary N) is 1. The van der Waals surface area contributed by atoms with E-state index in [2.05, 4.69) is 26.4 Å². The Morgan fingerprint density at radius 3 is 3.00 bits per heavy atom. The lowest BCUT2D eigenvalue weighted by Gasteiger charge is -2.10. The van der Waals surface area contributed by atoms with Crippen LogP contribution in [-0.4, -0.2) is 22.9 Å². The zero-order valence-electron chi connectivity index (χ0n) is 10.4. The van der Waals surface area contributed by atoms with Gasteiger partial charge >= 0.3 is 0 Å². The van der Waals surface area contributed by atoms with Gasteiger partial charge in [-0.05, 0) is 24.6 Å². The first kappa shape index (κ1) is 13.7. The Morgan fingerprint density at radius 2 is 2.26 bits per heavy atom. The van der Waals surface area contributed by atoms with Crippen LogP contribution in [0.25, 0.3) is 11.3 Å². The van der Waals surface area contributed by atoms with E-state index in [1.54, 1.807) is 6.07 Å². The average Bonchev–Trinajstić information content (AvgIpc) is 2.41. The van der Waals surface area contributed by atoms with Gasteiger partial charge in [0.15, 0.2) is 11.2 Å². The fourth-order valence-electron chi connectivity index (χ4n) is 1.82. The van der Waals surface area contributed by atoms with Crippen molar-refractivity contribution in [3.05, 3.63) is 39.7 Å². The molecule has 1 aliphatic heterocycles. The van der Waals surface area contributed by atoms with Crippen LogP contribution < -0.4 is 10.7 Å². The maximum atomic E-state index is 11.2. The van der Waals surface area contributed by atoms with Gasteiger partial charge in [0.1, 0.15) is 0 Å². The van der Waals surface area contributed by atoms with E-state index >= 15 is 0 Å². The predicted molar refractivity (Wildman–Crippen MR) is 74.6 cm³/mol. The molecule has 1 heterocycles. The topological polar surface area (TPSA) is 72.2 Å². The molecule has 0 atom stereocenters. The number of fused-ring (bicyclic) bond motifs is 1. The summed E-state index contributed by atoms with van der Waals surface area (Å²) in [6, 6.07) is 4.66. The highest BCUT2D eigenvalue weighted by Gasteiger charge is 2.13. The summed E-state index contributed by atoms with van der Waals surface area (Å²) in [6.45, 7) is 2.43. The van der Waals surface area contributed by atoms with Crippen LogP contribution >= 0.6 is 15.9 Å². The molecule has 0 radical (unpaired) electrons. The van der Waals surface area contributed by atoms with Crippen LogP contribution in [0.1, 0.15) is 11.3 Å². The monoisotopic (exact) mass is 324 g/mol. The summed E-state index contributed by atoms with van der Waals surface area (Å²) in [5.74, 6) is 0.421. The molecule has 0 aromatic rings. The van der Waals surface area contributed by atoms with Gasteiger partial charge in [0.2, 0.25) is 5.91 Å². The summed E-state index contributed by atoms with van der Waals surface area (Å²) in [5.41, 5.74) is 2.52. The van der Waals surface area contributed by atoms with Crippen LogP contribution in [0.4, 0.5) is 0 Å². The van der Waals surface area contributed by atoms with Crippen molar-refractivity contribution >= 4 is 21.8 Å². The zero-order valence-corrected chi connectivity index (χ0v) is 12.0. The highest BCUT2D eigenvalue weighted by Crippen LogP contribution is 2.24. The molecule has 2 rings (SSSR count). The van der Waals surface area contributed by atoms with Crippen LogP contribution in [0.15, 0.2) is 27.5 Å². The summed E-state index contributed by atoms with van der Waals surface area (Å²) in [4.78, 5) is 22.3. The van der Waals surface area contributed by atoms with E-state index in [1.165, 1.54) is 12.1 Å². The predicted octanol–water partition coefficient (Wildman–Crippen LogP) is 1.50. The van der Waals surface area contributed by atoms with E-state index in [0.29, 0.717) is 18.7 Å². The normalized spacial score (nSPS) is 10.6. The molecule has 0 unspecified atom stereocenters. The molecule has 1 N–H and O–H groups in total. The third-order valence-electron chi connectivity index (χ3n) is 2.85. The van der Waals surface area contributed by atoms with Crippen molar-refractivity contribution in [2.75, 3.05) is 11.9 Å². The van der Waals surface area contributed by atoms with Gasteiger partial charge < -0.3 is 9.84 Å². The fraction of sp³-hybridized carbons (Fsp3) is 0.308. The Labute approximate surface area is 118 Å². The van der Waals surface area contributed by atoms with E-state index in [9.17, 15) is 9.59 Å². The largest absolute Gasteiger partial charge is 0.356 e. The molecule has 0 bridgehead atoms. The number of nitrogens with zero attached hydrogens (tertiary/aromatic N) is 1. The molecule has 1 amide bonds. The number of benzene rings is 1.